The molecule has 2 rings (SSSR count). The van der Waals surface area contributed by atoms with Crippen LogP contribution in [0.1, 0.15) is 5.56 Å². The van der Waals surface area contributed by atoms with Crippen molar-refractivity contribution in [2.24, 2.45) is 12.8 Å². The van der Waals surface area contributed by atoms with E-state index in [1.54, 1.807) is 0 Å². The van der Waals surface area contributed by atoms with Crippen LogP contribution in [0.25, 0.3) is 17.0 Å². The number of benzene rings is 1. The molecular weight excluding hydrogens is 254 g/mol. The predicted molar refractivity (Wildman–Crippen MR) is 66.5 cm³/mol. The van der Waals surface area contributed by atoms with E-state index in [0.29, 0.717) is 6.54 Å². The summed E-state index contributed by atoms with van der Waals surface area (Å²) in [6, 6.07) is 6.12. The van der Waals surface area contributed by atoms with Gasteiger partial charge in [-0.2, -0.15) is 5.10 Å². The quantitative estimate of drug-likeness (QED) is 0.906. The Balaban J connectivity index is 2.69. The highest BCUT2D eigenvalue weighted by molar-refractivity contribution is 9.10. The van der Waals surface area contributed by atoms with Gasteiger partial charge < -0.3 is 5.73 Å². The van der Waals surface area contributed by atoms with Crippen molar-refractivity contribution in [2.75, 3.05) is 6.54 Å². The number of nitrogens with two attached hydrogens (primary N) is 1. The Hall–Kier alpha value is -1.13. The van der Waals surface area contributed by atoms with Crippen LogP contribution >= 0.6 is 15.9 Å². The predicted octanol–water partition coefficient (Wildman–Crippen LogP) is 2.31. The molecule has 0 saturated carbocycles. The maximum atomic E-state index is 5.45. The molecule has 0 aliphatic carbocycles. The summed E-state index contributed by atoms with van der Waals surface area (Å²) < 4.78 is 2.75. The molecule has 0 radical (unpaired) electrons. The summed E-state index contributed by atoms with van der Waals surface area (Å²) >= 11 is 3.44. The average molecular weight is 266 g/mol. The standard InChI is InChI=1S/C11H12BrN3/c1-15-10-8(5-3-7-13)4-2-6-9(10)11(12)14-15/h2-6H,7,13H2,1H3/b5-3+. The lowest BCUT2D eigenvalue weighted by molar-refractivity contribution is 0.788. The van der Waals surface area contributed by atoms with Crippen molar-refractivity contribution in [1.29, 1.82) is 0 Å². The zero-order chi connectivity index (χ0) is 10.8. The Labute approximate surface area is 96.7 Å². The van der Waals surface area contributed by atoms with Gasteiger partial charge in [0.05, 0.1) is 5.52 Å². The number of aryl methyl sites for hydroxylation is 1. The molecule has 0 fully saturated rings. The molecule has 0 saturated heterocycles. The molecule has 0 amide bonds. The first-order valence-corrected chi connectivity index (χ1v) is 5.51. The lowest BCUT2D eigenvalue weighted by Crippen LogP contribution is -1.94. The summed E-state index contributed by atoms with van der Waals surface area (Å²) in [5.41, 5.74) is 7.70. The molecule has 2 N–H and O–H groups in total. The third-order valence-corrected chi connectivity index (χ3v) is 2.87. The van der Waals surface area contributed by atoms with Crippen molar-refractivity contribution in [3.05, 3.63) is 34.4 Å². The minimum absolute atomic E-state index is 0.551. The molecule has 0 spiro atoms. The van der Waals surface area contributed by atoms with Gasteiger partial charge in [-0.1, -0.05) is 24.3 Å². The number of halogens is 1. The van der Waals surface area contributed by atoms with Gasteiger partial charge in [0.25, 0.3) is 0 Å². The van der Waals surface area contributed by atoms with Gasteiger partial charge in [0.15, 0.2) is 0 Å². The highest BCUT2D eigenvalue weighted by Gasteiger charge is 2.07. The van der Waals surface area contributed by atoms with Gasteiger partial charge in [0.2, 0.25) is 0 Å². The molecule has 0 bridgehead atoms. The topological polar surface area (TPSA) is 43.8 Å². The zero-order valence-electron chi connectivity index (χ0n) is 8.44. The van der Waals surface area contributed by atoms with Crippen LogP contribution < -0.4 is 5.73 Å². The highest BCUT2D eigenvalue weighted by atomic mass is 79.9. The van der Waals surface area contributed by atoms with Crippen LogP contribution in [0.2, 0.25) is 0 Å². The molecule has 2 aromatic rings. The Morgan fingerprint density at radius 3 is 3.07 bits per heavy atom. The summed E-state index contributed by atoms with van der Waals surface area (Å²) in [5, 5.41) is 5.45. The van der Waals surface area contributed by atoms with Crippen molar-refractivity contribution in [3.63, 3.8) is 0 Å². The Morgan fingerprint density at radius 1 is 1.53 bits per heavy atom. The molecule has 0 unspecified atom stereocenters. The van der Waals surface area contributed by atoms with Crippen molar-refractivity contribution in [2.45, 2.75) is 0 Å². The number of para-hydroxylation sites is 1. The maximum Gasteiger partial charge on any atom is 0.136 e. The van der Waals surface area contributed by atoms with E-state index in [9.17, 15) is 0 Å². The van der Waals surface area contributed by atoms with Crippen molar-refractivity contribution in [3.8, 4) is 0 Å². The molecule has 0 atom stereocenters. The van der Waals surface area contributed by atoms with E-state index < -0.39 is 0 Å². The first-order chi connectivity index (χ1) is 7.24. The lowest BCUT2D eigenvalue weighted by Gasteiger charge is -1.99. The molecule has 3 nitrogen and oxygen atoms in total. The number of rotatable bonds is 2. The smallest absolute Gasteiger partial charge is 0.136 e. The fourth-order valence-corrected chi connectivity index (χ4v) is 2.21. The fourth-order valence-electron chi connectivity index (χ4n) is 1.65. The molecule has 78 valence electrons. The molecule has 4 heteroatoms. The Bertz CT molecular complexity index is 514. The van der Waals surface area contributed by atoms with Crippen molar-refractivity contribution >= 4 is 32.9 Å². The normalized spacial score (nSPS) is 11.7. The fraction of sp³-hybridized carbons (Fsp3) is 0.182. The second kappa shape index (κ2) is 4.16. The van der Waals surface area contributed by atoms with Crippen LogP contribution in [0.4, 0.5) is 0 Å². The van der Waals surface area contributed by atoms with E-state index in [1.165, 1.54) is 0 Å². The lowest BCUT2D eigenvalue weighted by atomic mass is 10.1. The van der Waals surface area contributed by atoms with Crippen LogP contribution in [0.15, 0.2) is 28.9 Å². The monoisotopic (exact) mass is 265 g/mol. The van der Waals surface area contributed by atoms with Crippen LogP contribution in [0, 0.1) is 0 Å². The van der Waals surface area contributed by atoms with Crippen LogP contribution in [-0.4, -0.2) is 16.3 Å². The third kappa shape index (κ3) is 1.82. The average Bonchev–Trinajstić information content (AvgIpc) is 2.53. The van der Waals surface area contributed by atoms with E-state index >= 15 is 0 Å². The van der Waals surface area contributed by atoms with E-state index in [2.05, 4.69) is 27.1 Å². The SMILES string of the molecule is Cn1nc(Br)c2cccc(/C=C/CN)c21. The van der Waals surface area contributed by atoms with E-state index in [-0.39, 0.29) is 0 Å². The number of nitrogens with zero attached hydrogens (tertiary/aromatic N) is 2. The van der Waals surface area contributed by atoms with Crippen molar-refractivity contribution in [1.82, 2.24) is 9.78 Å². The summed E-state index contributed by atoms with van der Waals surface area (Å²) in [6.07, 6.45) is 3.96. The van der Waals surface area contributed by atoms with Gasteiger partial charge in [-0.3, -0.25) is 4.68 Å². The summed E-state index contributed by atoms with van der Waals surface area (Å²) in [4.78, 5) is 0. The van der Waals surface area contributed by atoms with Gasteiger partial charge in [-0.15, -0.1) is 0 Å². The summed E-state index contributed by atoms with van der Waals surface area (Å²) in [6.45, 7) is 0.551. The molecule has 0 aliphatic rings. The van der Waals surface area contributed by atoms with Crippen LogP contribution in [-0.2, 0) is 7.05 Å². The minimum Gasteiger partial charge on any atom is -0.327 e. The number of hydrogen-bond donors (Lipinski definition) is 1. The third-order valence-electron chi connectivity index (χ3n) is 2.28. The number of fused-ring (bicyclic) bond motifs is 1. The van der Waals surface area contributed by atoms with E-state index in [4.69, 9.17) is 5.73 Å². The molecule has 0 aliphatic heterocycles. The number of aromatic nitrogens is 2. The Morgan fingerprint density at radius 2 is 2.33 bits per heavy atom. The van der Waals surface area contributed by atoms with Crippen molar-refractivity contribution < 1.29 is 0 Å². The second-order valence-corrected chi connectivity index (χ2v) is 4.05. The minimum atomic E-state index is 0.551. The van der Waals surface area contributed by atoms with E-state index in [1.807, 2.05) is 36.0 Å². The molecular formula is C11H12BrN3. The van der Waals surface area contributed by atoms with E-state index in [0.717, 1.165) is 21.1 Å². The van der Waals surface area contributed by atoms with Crippen LogP contribution in [0.3, 0.4) is 0 Å². The highest BCUT2D eigenvalue weighted by Crippen LogP contribution is 2.25. The Kier molecular flexibility index (Phi) is 2.88. The van der Waals surface area contributed by atoms with Gasteiger partial charge in [-0.05, 0) is 22.0 Å². The van der Waals surface area contributed by atoms with Crippen LogP contribution in [0.5, 0.6) is 0 Å². The summed E-state index contributed by atoms with van der Waals surface area (Å²) in [7, 11) is 1.94. The first kappa shape index (κ1) is 10.4. The molecule has 1 aromatic carbocycles. The van der Waals surface area contributed by atoms with Gasteiger partial charge in [-0.25, -0.2) is 0 Å². The maximum absolute atomic E-state index is 5.45. The molecule has 1 heterocycles. The number of hydrogen-bond acceptors (Lipinski definition) is 2. The first-order valence-electron chi connectivity index (χ1n) is 4.72. The van der Waals surface area contributed by atoms with Gasteiger partial charge in [0.1, 0.15) is 4.60 Å². The molecule has 15 heavy (non-hydrogen) atoms. The summed E-state index contributed by atoms with van der Waals surface area (Å²) in [5.74, 6) is 0. The largest absolute Gasteiger partial charge is 0.327 e. The van der Waals surface area contributed by atoms with Gasteiger partial charge >= 0.3 is 0 Å². The zero-order valence-corrected chi connectivity index (χ0v) is 10.0. The van der Waals surface area contributed by atoms with Gasteiger partial charge in [0, 0.05) is 24.5 Å². The second-order valence-electron chi connectivity index (χ2n) is 3.30. The molecule has 1 aromatic heterocycles.